The van der Waals surface area contributed by atoms with Crippen LogP contribution in [0, 0.1) is 5.41 Å². The fourth-order valence-corrected chi connectivity index (χ4v) is 1.44. The van der Waals surface area contributed by atoms with Crippen molar-refractivity contribution >= 4 is 17.9 Å². The molecule has 0 atom stereocenters. The van der Waals surface area contributed by atoms with E-state index in [4.69, 9.17) is 9.52 Å². The second-order valence-electron chi connectivity index (χ2n) is 5.17. The van der Waals surface area contributed by atoms with Crippen molar-refractivity contribution in [2.24, 2.45) is 5.41 Å². The fourth-order valence-electron chi connectivity index (χ4n) is 1.44. The van der Waals surface area contributed by atoms with Crippen LogP contribution in [0.3, 0.4) is 0 Å². The first-order valence-electron chi connectivity index (χ1n) is 6.49. The van der Waals surface area contributed by atoms with Gasteiger partial charge < -0.3 is 14.8 Å². The average Bonchev–Trinajstić information content (AvgIpc) is 2.83. The minimum absolute atomic E-state index is 0.0431. The lowest BCUT2D eigenvalue weighted by atomic mass is 9.89. The monoisotopic (exact) mass is 297 g/mol. The Morgan fingerprint density at radius 1 is 1.38 bits per heavy atom. The number of nitrogens with one attached hydrogen (secondary N) is 2. The highest BCUT2D eigenvalue weighted by Gasteiger charge is 2.30. The third-order valence-corrected chi connectivity index (χ3v) is 2.78. The van der Waals surface area contributed by atoms with E-state index in [9.17, 15) is 14.4 Å². The Kier molecular flexibility index (Phi) is 5.45. The van der Waals surface area contributed by atoms with E-state index in [0.29, 0.717) is 18.1 Å². The van der Waals surface area contributed by atoms with Gasteiger partial charge in [0.1, 0.15) is 5.76 Å². The number of nitrogens with zero attached hydrogens (tertiary/aromatic N) is 1. The average molecular weight is 297 g/mol. The number of imide groups is 1. The summed E-state index contributed by atoms with van der Waals surface area (Å²) in [5.41, 5.74) is -1.23. The molecule has 0 bridgehead atoms. The minimum atomic E-state index is -1.23. The molecule has 3 amide bonds. The van der Waals surface area contributed by atoms with Gasteiger partial charge in [0.05, 0.1) is 18.2 Å². The number of hydrogen-bond acceptors (Lipinski definition) is 5. The Bertz CT molecular complexity index is 536. The molecule has 0 aliphatic heterocycles. The predicted octanol–water partition coefficient (Wildman–Crippen LogP) is 1.06. The maximum atomic E-state index is 11.6. The first-order valence-corrected chi connectivity index (χ1v) is 6.49. The predicted molar refractivity (Wildman–Crippen MR) is 72.3 cm³/mol. The van der Waals surface area contributed by atoms with Crippen molar-refractivity contribution in [3.8, 4) is 0 Å². The highest BCUT2D eigenvalue weighted by molar-refractivity contribution is 5.96. The molecule has 0 aliphatic rings. The number of carboxylic acid groups (broad SMARTS) is 1. The van der Waals surface area contributed by atoms with E-state index in [1.54, 1.807) is 6.20 Å². The van der Waals surface area contributed by atoms with Gasteiger partial charge in [-0.3, -0.25) is 14.9 Å². The number of carboxylic acids is 1. The van der Waals surface area contributed by atoms with Crippen LogP contribution in [0.1, 0.15) is 38.8 Å². The van der Waals surface area contributed by atoms with Crippen molar-refractivity contribution in [2.45, 2.75) is 40.2 Å². The maximum absolute atomic E-state index is 11.6. The van der Waals surface area contributed by atoms with Crippen LogP contribution in [-0.4, -0.2) is 28.0 Å². The second kappa shape index (κ2) is 6.87. The molecule has 0 fully saturated rings. The molecule has 1 aromatic rings. The van der Waals surface area contributed by atoms with Crippen LogP contribution in [0.4, 0.5) is 4.79 Å². The molecule has 0 radical (unpaired) electrons. The molecule has 0 unspecified atom stereocenters. The second-order valence-corrected chi connectivity index (χ2v) is 5.17. The van der Waals surface area contributed by atoms with Crippen LogP contribution in [0.15, 0.2) is 10.6 Å². The van der Waals surface area contributed by atoms with Gasteiger partial charge in [-0.2, -0.15) is 0 Å². The molecule has 0 saturated heterocycles. The quantitative estimate of drug-likeness (QED) is 0.722. The number of carbonyl (C=O) groups excluding carboxylic acids is 2. The zero-order chi connectivity index (χ0) is 16.0. The van der Waals surface area contributed by atoms with E-state index < -0.39 is 23.3 Å². The van der Waals surface area contributed by atoms with Gasteiger partial charge in [-0.25, -0.2) is 9.78 Å². The molecule has 0 aromatic carbocycles. The van der Waals surface area contributed by atoms with Gasteiger partial charge in [-0.15, -0.1) is 0 Å². The SMILES string of the molecule is CCc1cnc(CNC(=O)NC(=O)CC(C)(C)C(=O)O)o1. The lowest BCUT2D eigenvalue weighted by Crippen LogP contribution is -2.41. The van der Waals surface area contributed by atoms with Gasteiger partial charge in [0.15, 0.2) is 0 Å². The van der Waals surface area contributed by atoms with Crippen LogP contribution in [0.5, 0.6) is 0 Å². The largest absolute Gasteiger partial charge is 0.481 e. The smallest absolute Gasteiger partial charge is 0.321 e. The molecule has 8 heteroatoms. The van der Waals surface area contributed by atoms with Crippen LogP contribution >= 0.6 is 0 Å². The standard InChI is InChI=1S/C13H19N3O5/c1-4-8-6-14-10(21-8)7-15-12(20)16-9(17)5-13(2,3)11(18)19/h6H,4-5,7H2,1-3H3,(H,18,19)(H2,15,16,17,20). The van der Waals surface area contributed by atoms with Crippen molar-refractivity contribution in [3.05, 3.63) is 17.8 Å². The number of rotatable bonds is 6. The number of oxazole rings is 1. The summed E-state index contributed by atoms with van der Waals surface area (Å²) in [6, 6.07) is -0.725. The van der Waals surface area contributed by atoms with E-state index in [1.165, 1.54) is 13.8 Å². The highest BCUT2D eigenvalue weighted by Crippen LogP contribution is 2.19. The molecule has 116 valence electrons. The summed E-state index contributed by atoms with van der Waals surface area (Å²) < 4.78 is 5.28. The Labute approximate surface area is 121 Å². The molecule has 1 aromatic heterocycles. The lowest BCUT2D eigenvalue weighted by molar-refractivity contribution is -0.149. The van der Waals surface area contributed by atoms with Crippen LogP contribution in [0.2, 0.25) is 0 Å². The molecule has 1 rings (SSSR count). The summed E-state index contributed by atoms with van der Waals surface area (Å²) in [4.78, 5) is 37.9. The first-order chi connectivity index (χ1) is 9.74. The van der Waals surface area contributed by atoms with Crippen molar-refractivity contribution < 1.29 is 23.9 Å². The first kappa shape index (κ1) is 16.7. The summed E-state index contributed by atoms with van der Waals surface area (Å²) in [6.07, 6.45) is 1.96. The summed E-state index contributed by atoms with van der Waals surface area (Å²) in [6.45, 7) is 4.77. The normalized spacial score (nSPS) is 11.0. The van der Waals surface area contributed by atoms with E-state index in [-0.39, 0.29) is 13.0 Å². The Morgan fingerprint density at radius 3 is 2.57 bits per heavy atom. The van der Waals surface area contributed by atoms with Crippen molar-refractivity contribution in [1.29, 1.82) is 0 Å². The molecule has 1 heterocycles. The zero-order valence-electron chi connectivity index (χ0n) is 12.2. The van der Waals surface area contributed by atoms with Crippen molar-refractivity contribution in [3.63, 3.8) is 0 Å². The number of aliphatic carboxylic acids is 1. The van der Waals surface area contributed by atoms with E-state index in [0.717, 1.165) is 0 Å². The minimum Gasteiger partial charge on any atom is -0.481 e. The molecule has 21 heavy (non-hydrogen) atoms. The Balaban J connectivity index is 2.39. The molecule has 0 aliphatic carbocycles. The zero-order valence-corrected chi connectivity index (χ0v) is 12.2. The lowest BCUT2D eigenvalue weighted by Gasteiger charge is -2.17. The molecule has 0 saturated carbocycles. The van der Waals surface area contributed by atoms with Gasteiger partial charge in [0.25, 0.3) is 0 Å². The number of aromatic nitrogens is 1. The van der Waals surface area contributed by atoms with Crippen molar-refractivity contribution in [1.82, 2.24) is 15.6 Å². The van der Waals surface area contributed by atoms with Crippen LogP contribution in [-0.2, 0) is 22.6 Å². The Hall–Kier alpha value is -2.38. The molecule has 8 nitrogen and oxygen atoms in total. The van der Waals surface area contributed by atoms with Crippen LogP contribution < -0.4 is 10.6 Å². The number of aryl methyl sites for hydroxylation is 1. The molecular weight excluding hydrogens is 278 g/mol. The summed E-state index contributed by atoms with van der Waals surface area (Å²) in [7, 11) is 0. The summed E-state index contributed by atoms with van der Waals surface area (Å²) >= 11 is 0. The Morgan fingerprint density at radius 2 is 2.05 bits per heavy atom. The van der Waals surface area contributed by atoms with E-state index in [2.05, 4.69) is 15.6 Å². The topological polar surface area (TPSA) is 122 Å². The van der Waals surface area contributed by atoms with Gasteiger partial charge in [-0.05, 0) is 13.8 Å². The van der Waals surface area contributed by atoms with E-state index >= 15 is 0 Å². The third kappa shape index (κ3) is 5.25. The van der Waals surface area contributed by atoms with Gasteiger partial charge in [0.2, 0.25) is 11.8 Å². The fraction of sp³-hybridized carbons (Fsp3) is 0.538. The summed E-state index contributed by atoms with van der Waals surface area (Å²) in [5, 5.41) is 13.4. The maximum Gasteiger partial charge on any atom is 0.321 e. The van der Waals surface area contributed by atoms with Gasteiger partial charge in [0, 0.05) is 12.8 Å². The van der Waals surface area contributed by atoms with Gasteiger partial charge >= 0.3 is 12.0 Å². The number of amides is 3. The number of hydrogen-bond donors (Lipinski definition) is 3. The van der Waals surface area contributed by atoms with Crippen LogP contribution in [0.25, 0.3) is 0 Å². The number of carbonyl (C=O) groups is 3. The van der Waals surface area contributed by atoms with Gasteiger partial charge in [-0.1, -0.05) is 6.92 Å². The molecule has 0 spiro atoms. The molecule has 3 N–H and O–H groups in total. The molecular formula is C13H19N3O5. The highest BCUT2D eigenvalue weighted by atomic mass is 16.4. The van der Waals surface area contributed by atoms with Crippen molar-refractivity contribution in [2.75, 3.05) is 0 Å². The summed E-state index contributed by atoms with van der Waals surface area (Å²) in [5.74, 6) is -0.738. The number of urea groups is 1. The third-order valence-electron chi connectivity index (χ3n) is 2.78. The van der Waals surface area contributed by atoms with E-state index in [1.807, 2.05) is 6.92 Å².